The molecule has 0 bridgehead atoms. The Morgan fingerprint density at radius 1 is 1.15 bits per heavy atom. The Bertz CT molecular complexity index is 890. The van der Waals surface area contributed by atoms with Crippen molar-refractivity contribution >= 4 is 17.5 Å². The van der Waals surface area contributed by atoms with Gasteiger partial charge in [-0.3, -0.25) is 4.79 Å². The van der Waals surface area contributed by atoms with Crippen molar-refractivity contribution in [3.05, 3.63) is 59.7 Å². The maximum Gasteiger partial charge on any atom is 0.277 e. The van der Waals surface area contributed by atoms with Crippen molar-refractivity contribution in [2.24, 2.45) is 0 Å². The van der Waals surface area contributed by atoms with Crippen molar-refractivity contribution in [3.63, 3.8) is 0 Å². The van der Waals surface area contributed by atoms with Crippen LogP contribution in [0.1, 0.15) is 29.8 Å². The van der Waals surface area contributed by atoms with Gasteiger partial charge in [-0.2, -0.15) is 0 Å². The lowest BCUT2D eigenvalue weighted by molar-refractivity contribution is 0.0993. The Balaban J connectivity index is 1.72. The summed E-state index contributed by atoms with van der Waals surface area (Å²) in [6.07, 6.45) is 0.951. The zero-order valence-corrected chi connectivity index (χ0v) is 15.7. The summed E-state index contributed by atoms with van der Waals surface area (Å²) in [5.74, 6) is 1.07. The molecule has 3 aromatic rings. The molecular formula is C20H20N2O3S. The molecule has 1 aromatic heterocycles. The molecule has 2 aromatic carbocycles. The number of benzene rings is 2. The molecule has 3 rings (SSSR count). The molecule has 0 N–H and O–H groups in total. The summed E-state index contributed by atoms with van der Waals surface area (Å²) >= 11 is 1.25. The van der Waals surface area contributed by atoms with Crippen LogP contribution in [0.4, 0.5) is 0 Å². The Hall–Kier alpha value is -2.60. The molecule has 0 spiro atoms. The quantitative estimate of drug-likeness (QED) is 0.446. The second-order valence-corrected chi connectivity index (χ2v) is 7.04. The molecule has 1 atom stereocenters. The largest absolute Gasteiger partial charge is 0.496 e. The molecule has 0 aliphatic carbocycles. The number of carbonyl (C=O) groups is 1. The number of nitrogens with zero attached hydrogens (tertiary/aromatic N) is 2. The predicted octanol–water partition coefficient (Wildman–Crippen LogP) is 4.67. The lowest BCUT2D eigenvalue weighted by atomic mass is 10.1. The van der Waals surface area contributed by atoms with Crippen LogP contribution in [0.5, 0.6) is 5.75 Å². The lowest BCUT2D eigenvalue weighted by Gasteiger charge is -2.08. The molecule has 0 aliphatic heterocycles. The third-order valence-corrected chi connectivity index (χ3v) is 4.97. The fourth-order valence-corrected chi connectivity index (χ4v) is 3.29. The number of ketones is 1. The second kappa shape index (κ2) is 8.19. The summed E-state index contributed by atoms with van der Waals surface area (Å²) in [4.78, 5) is 12.6. The van der Waals surface area contributed by atoms with Crippen LogP contribution in [0, 0.1) is 0 Å². The number of methoxy groups -OCH3 is 1. The first-order valence-corrected chi connectivity index (χ1v) is 9.27. The summed E-state index contributed by atoms with van der Waals surface area (Å²) < 4.78 is 11.0. The first kappa shape index (κ1) is 18.2. The molecule has 0 radical (unpaired) electrons. The van der Waals surface area contributed by atoms with E-state index in [2.05, 4.69) is 17.1 Å². The van der Waals surface area contributed by atoms with Crippen molar-refractivity contribution in [2.75, 3.05) is 7.11 Å². The predicted molar refractivity (Wildman–Crippen MR) is 102 cm³/mol. The summed E-state index contributed by atoms with van der Waals surface area (Å²) in [6.45, 7) is 3.93. The van der Waals surface area contributed by atoms with E-state index >= 15 is 0 Å². The van der Waals surface area contributed by atoms with E-state index in [4.69, 9.17) is 9.15 Å². The van der Waals surface area contributed by atoms with Gasteiger partial charge in [0.1, 0.15) is 5.75 Å². The number of rotatable bonds is 7. The van der Waals surface area contributed by atoms with Crippen molar-refractivity contribution < 1.29 is 13.9 Å². The molecule has 5 nitrogen and oxygen atoms in total. The second-order valence-electron chi connectivity index (χ2n) is 5.75. The van der Waals surface area contributed by atoms with E-state index in [1.165, 1.54) is 17.3 Å². The smallest absolute Gasteiger partial charge is 0.277 e. The van der Waals surface area contributed by atoms with Gasteiger partial charge in [-0.15, -0.1) is 10.2 Å². The van der Waals surface area contributed by atoms with E-state index in [0.29, 0.717) is 22.4 Å². The maximum absolute atomic E-state index is 12.6. The van der Waals surface area contributed by atoms with Gasteiger partial charge in [0.2, 0.25) is 0 Å². The van der Waals surface area contributed by atoms with Gasteiger partial charge in [-0.05, 0) is 31.0 Å². The summed E-state index contributed by atoms with van der Waals surface area (Å²) in [6, 6.07) is 15.1. The van der Waals surface area contributed by atoms with E-state index in [0.717, 1.165) is 12.0 Å². The average molecular weight is 368 g/mol. The van der Waals surface area contributed by atoms with E-state index in [1.807, 2.05) is 55.5 Å². The standard InChI is InChI=1S/C20H20N2O3S/c1-4-14-9-11-15(12-10-14)18(23)13(2)26-20-22-21-19(25-20)16-7-5-6-8-17(16)24-3/h5-13H,4H2,1-3H3. The van der Waals surface area contributed by atoms with Crippen LogP contribution >= 0.6 is 11.8 Å². The van der Waals surface area contributed by atoms with Crippen LogP contribution in [-0.4, -0.2) is 28.3 Å². The highest BCUT2D eigenvalue weighted by Gasteiger charge is 2.21. The monoisotopic (exact) mass is 368 g/mol. The minimum absolute atomic E-state index is 0.0368. The van der Waals surface area contributed by atoms with Gasteiger partial charge in [0, 0.05) is 5.56 Å². The highest BCUT2D eigenvalue weighted by molar-refractivity contribution is 8.00. The first-order chi connectivity index (χ1) is 12.6. The maximum atomic E-state index is 12.6. The third-order valence-electron chi connectivity index (χ3n) is 4.04. The van der Waals surface area contributed by atoms with Crippen molar-refractivity contribution in [2.45, 2.75) is 30.7 Å². The van der Waals surface area contributed by atoms with Crippen LogP contribution in [-0.2, 0) is 6.42 Å². The number of hydrogen-bond acceptors (Lipinski definition) is 6. The van der Waals surface area contributed by atoms with Crippen molar-refractivity contribution in [1.82, 2.24) is 10.2 Å². The molecular weight excluding hydrogens is 348 g/mol. The Morgan fingerprint density at radius 3 is 2.58 bits per heavy atom. The van der Waals surface area contributed by atoms with Gasteiger partial charge in [-0.25, -0.2) is 0 Å². The minimum atomic E-state index is -0.326. The van der Waals surface area contributed by atoms with E-state index in [1.54, 1.807) is 7.11 Å². The van der Waals surface area contributed by atoms with Crippen molar-refractivity contribution in [1.29, 1.82) is 0 Å². The van der Waals surface area contributed by atoms with Gasteiger partial charge in [0.15, 0.2) is 5.78 Å². The van der Waals surface area contributed by atoms with Crippen LogP contribution < -0.4 is 4.74 Å². The molecule has 0 saturated carbocycles. The minimum Gasteiger partial charge on any atom is -0.496 e. The fraction of sp³-hybridized carbons (Fsp3) is 0.250. The number of aryl methyl sites for hydroxylation is 1. The number of Topliss-reactive ketones (excluding diaryl/α,β-unsaturated/α-hetero) is 1. The van der Waals surface area contributed by atoms with Crippen LogP contribution in [0.2, 0.25) is 0 Å². The molecule has 0 amide bonds. The van der Waals surface area contributed by atoms with Crippen molar-refractivity contribution in [3.8, 4) is 17.2 Å². The molecule has 0 saturated heterocycles. The molecule has 1 unspecified atom stereocenters. The van der Waals surface area contributed by atoms with E-state index in [-0.39, 0.29) is 11.0 Å². The number of para-hydroxylation sites is 1. The molecule has 0 aliphatic rings. The summed E-state index contributed by atoms with van der Waals surface area (Å²) in [7, 11) is 1.59. The average Bonchev–Trinajstić information content (AvgIpc) is 3.15. The van der Waals surface area contributed by atoms with Gasteiger partial charge in [-0.1, -0.05) is 55.1 Å². The van der Waals surface area contributed by atoms with Gasteiger partial charge < -0.3 is 9.15 Å². The number of hydrogen-bond donors (Lipinski definition) is 0. The Labute approximate surface area is 156 Å². The Morgan fingerprint density at radius 2 is 1.88 bits per heavy atom. The number of aromatic nitrogens is 2. The third kappa shape index (κ3) is 3.96. The SMILES string of the molecule is CCc1ccc(C(=O)C(C)Sc2nnc(-c3ccccc3OC)o2)cc1. The normalized spacial score (nSPS) is 12.0. The van der Waals surface area contributed by atoms with Crippen LogP contribution in [0.25, 0.3) is 11.5 Å². The molecule has 26 heavy (non-hydrogen) atoms. The highest BCUT2D eigenvalue weighted by atomic mass is 32.2. The number of carbonyl (C=O) groups excluding carboxylic acids is 1. The number of ether oxygens (including phenoxy) is 1. The number of thioether (sulfide) groups is 1. The summed E-state index contributed by atoms with van der Waals surface area (Å²) in [5.41, 5.74) is 2.62. The van der Waals surface area contributed by atoms with Crippen LogP contribution in [0.3, 0.4) is 0 Å². The van der Waals surface area contributed by atoms with E-state index in [9.17, 15) is 4.79 Å². The summed E-state index contributed by atoms with van der Waals surface area (Å²) in [5, 5.41) is 8.16. The molecule has 0 fully saturated rings. The zero-order valence-electron chi connectivity index (χ0n) is 14.9. The van der Waals surface area contributed by atoms with E-state index < -0.39 is 0 Å². The molecule has 6 heteroatoms. The Kier molecular flexibility index (Phi) is 5.73. The lowest BCUT2D eigenvalue weighted by Crippen LogP contribution is -2.13. The topological polar surface area (TPSA) is 65.2 Å². The molecule has 1 heterocycles. The highest BCUT2D eigenvalue weighted by Crippen LogP contribution is 2.32. The molecule has 134 valence electrons. The first-order valence-electron chi connectivity index (χ1n) is 8.39. The van der Waals surface area contributed by atoms with Gasteiger partial charge >= 0.3 is 0 Å². The fourth-order valence-electron chi connectivity index (χ4n) is 2.53. The van der Waals surface area contributed by atoms with Gasteiger partial charge in [0.25, 0.3) is 11.1 Å². The zero-order chi connectivity index (χ0) is 18.5. The van der Waals surface area contributed by atoms with Gasteiger partial charge in [0.05, 0.1) is 17.9 Å². The van der Waals surface area contributed by atoms with Crippen LogP contribution in [0.15, 0.2) is 58.2 Å².